The number of hydrogen-bond donors (Lipinski definition) is 0. The predicted molar refractivity (Wildman–Crippen MR) is 114 cm³/mol. The highest BCUT2D eigenvalue weighted by Gasteiger charge is 2.59. The van der Waals surface area contributed by atoms with Gasteiger partial charge in [0.05, 0.1) is 16.6 Å². The molecule has 0 aromatic heterocycles. The second-order valence-electron chi connectivity index (χ2n) is 10.2. The highest BCUT2D eigenvalue weighted by Crippen LogP contribution is 2.63. The molecule has 3 aliphatic carbocycles. The van der Waals surface area contributed by atoms with Crippen LogP contribution in [0.5, 0.6) is 0 Å². The Hall–Kier alpha value is -2.68. The van der Waals surface area contributed by atoms with Crippen LogP contribution in [0.4, 0.5) is 0 Å². The van der Waals surface area contributed by atoms with Gasteiger partial charge in [0, 0.05) is 10.8 Å². The zero-order chi connectivity index (χ0) is 21.8. The minimum Gasteiger partial charge on any atom is -0.293 e. The molecule has 0 aromatic rings. The van der Waals surface area contributed by atoms with Crippen molar-refractivity contribution in [3.8, 4) is 23.6 Å². The SMILES string of the molecule is CC1(C)C(=O)C(C#N)=C[C@@]2(C)C3=CC(=O)C(C#N)=C[C@@]3(C#C[Si](C)(C)C)CC[C@H]12. The van der Waals surface area contributed by atoms with Gasteiger partial charge in [-0.15, -0.1) is 5.54 Å². The van der Waals surface area contributed by atoms with Crippen LogP contribution < -0.4 is 0 Å². The first-order chi connectivity index (χ1) is 13.3. The van der Waals surface area contributed by atoms with Crippen molar-refractivity contribution in [3.63, 3.8) is 0 Å². The molecular formula is C24H26N2O2Si. The lowest BCUT2D eigenvalue weighted by Gasteiger charge is -2.56. The summed E-state index contributed by atoms with van der Waals surface area (Å²) in [6, 6.07) is 4.09. The number of nitriles is 2. The minimum atomic E-state index is -1.71. The van der Waals surface area contributed by atoms with E-state index in [9.17, 15) is 20.1 Å². The summed E-state index contributed by atoms with van der Waals surface area (Å²) in [5.74, 6) is 2.95. The number of fused-ring (bicyclic) bond motifs is 3. The van der Waals surface area contributed by atoms with Crippen LogP contribution in [0.15, 0.2) is 34.9 Å². The molecule has 4 nitrogen and oxygen atoms in total. The summed E-state index contributed by atoms with van der Waals surface area (Å²) in [6.07, 6.45) is 6.43. The molecule has 3 rings (SSSR count). The van der Waals surface area contributed by atoms with Crippen LogP contribution in [0.1, 0.15) is 33.6 Å². The summed E-state index contributed by atoms with van der Waals surface area (Å²) in [5.41, 5.74) is 2.45. The molecule has 0 aliphatic heterocycles. The van der Waals surface area contributed by atoms with E-state index in [4.69, 9.17) is 0 Å². The van der Waals surface area contributed by atoms with Crippen molar-refractivity contribution in [2.24, 2.45) is 22.2 Å². The van der Waals surface area contributed by atoms with Gasteiger partial charge in [-0.05, 0) is 36.5 Å². The lowest BCUT2D eigenvalue weighted by atomic mass is 9.45. The summed E-state index contributed by atoms with van der Waals surface area (Å²) in [5, 5.41) is 19.1. The molecule has 0 radical (unpaired) electrons. The van der Waals surface area contributed by atoms with E-state index in [0.717, 1.165) is 12.0 Å². The monoisotopic (exact) mass is 402 g/mol. The minimum absolute atomic E-state index is 0.0440. The van der Waals surface area contributed by atoms with Gasteiger partial charge in [-0.3, -0.25) is 9.59 Å². The maximum atomic E-state index is 12.9. The number of allylic oxidation sites excluding steroid dienone is 6. The molecular weight excluding hydrogens is 376 g/mol. The van der Waals surface area contributed by atoms with E-state index in [2.05, 4.69) is 37.2 Å². The highest BCUT2D eigenvalue weighted by molar-refractivity contribution is 6.83. The molecule has 0 unspecified atom stereocenters. The van der Waals surface area contributed by atoms with Crippen LogP contribution in [-0.4, -0.2) is 19.6 Å². The van der Waals surface area contributed by atoms with Crippen molar-refractivity contribution in [2.75, 3.05) is 0 Å². The summed E-state index contributed by atoms with van der Waals surface area (Å²) in [4.78, 5) is 25.5. The third-order valence-electron chi connectivity index (χ3n) is 6.59. The quantitative estimate of drug-likeness (QED) is 0.447. The Morgan fingerprint density at radius 3 is 2.21 bits per heavy atom. The van der Waals surface area contributed by atoms with E-state index in [0.29, 0.717) is 6.42 Å². The van der Waals surface area contributed by atoms with Crippen LogP contribution in [0.3, 0.4) is 0 Å². The third-order valence-corrected chi connectivity index (χ3v) is 7.47. The second-order valence-corrected chi connectivity index (χ2v) is 14.9. The predicted octanol–water partition coefficient (Wildman–Crippen LogP) is 4.29. The molecule has 5 heteroatoms. The van der Waals surface area contributed by atoms with E-state index in [1.54, 1.807) is 18.2 Å². The maximum Gasteiger partial charge on any atom is 0.196 e. The molecule has 0 heterocycles. The largest absolute Gasteiger partial charge is 0.293 e. The number of carbonyl (C=O) groups is 2. The standard InChI is InChI=1S/C24H26N2O2Si/c1-22(2)19-7-8-24(9-10-29(4,5)6)13-16(14-25)18(27)11-20(24)23(19,3)12-17(15-26)21(22)28/h11-13,19H,7-8H2,1-6H3/t19-,23-,24+/m1/s1. The fourth-order valence-electron chi connectivity index (χ4n) is 5.23. The maximum absolute atomic E-state index is 12.9. The number of hydrogen-bond acceptors (Lipinski definition) is 4. The highest BCUT2D eigenvalue weighted by atomic mass is 28.3. The van der Waals surface area contributed by atoms with Gasteiger partial charge in [0.2, 0.25) is 0 Å². The molecule has 29 heavy (non-hydrogen) atoms. The Morgan fingerprint density at radius 1 is 1.03 bits per heavy atom. The van der Waals surface area contributed by atoms with Gasteiger partial charge in [-0.25, -0.2) is 0 Å². The van der Waals surface area contributed by atoms with Crippen LogP contribution in [0.2, 0.25) is 19.6 Å². The van der Waals surface area contributed by atoms with Crippen LogP contribution in [-0.2, 0) is 9.59 Å². The van der Waals surface area contributed by atoms with Gasteiger partial charge in [0.1, 0.15) is 20.2 Å². The Kier molecular flexibility index (Phi) is 4.65. The van der Waals surface area contributed by atoms with Crippen molar-refractivity contribution in [2.45, 2.75) is 53.3 Å². The Bertz CT molecular complexity index is 1060. The number of ketones is 2. The first-order valence-corrected chi connectivity index (χ1v) is 13.4. The smallest absolute Gasteiger partial charge is 0.196 e. The summed E-state index contributed by atoms with van der Waals surface area (Å²) >= 11 is 0. The third kappa shape index (κ3) is 3.13. The Morgan fingerprint density at radius 2 is 1.66 bits per heavy atom. The van der Waals surface area contributed by atoms with Crippen LogP contribution in [0, 0.1) is 56.3 Å². The molecule has 0 spiro atoms. The zero-order valence-corrected chi connectivity index (χ0v) is 18.9. The van der Waals surface area contributed by atoms with Crippen molar-refractivity contribution in [1.29, 1.82) is 10.5 Å². The molecule has 0 amide bonds. The van der Waals surface area contributed by atoms with E-state index in [1.165, 1.54) is 0 Å². The van der Waals surface area contributed by atoms with Gasteiger partial charge >= 0.3 is 0 Å². The molecule has 0 N–H and O–H groups in total. The molecule has 1 saturated carbocycles. The Balaban J connectivity index is 2.32. The van der Waals surface area contributed by atoms with Crippen molar-refractivity contribution in [3.05, 3.63) is 34.9 Å². The van der Waals surface area contributed by atoms with Gasteiger partial charge in [0.25, 0.3) is 0 Å². The van der Waals surface area contributed by atoms with Crippen LogP contribution >= 0.6 is 0 Å². The fraction of sp³-hybridized carbons (Fsp3) is 0.500. The molecule has 0 saturated heterocycles. The normalized spacial score (nSPS) is 32.8. The molecule has 1 fully saturated rings. The molecule has 148 valence electrons. The summed E-state index contributed by atoms with van der Waals surface area (Å²) in [6.45, 7) is 12.3. The van der Waals surface area contributed by atoms with Gasteiger partial charge in [0.15, 0.2) is 11.6 Å². The van der Waals surface area contributed by atoms with Crippen molar-refractivity contribution in [1.82, 2.24) is 0 Å². The number of carbonyl (C=O) groups excluding carboxylic acids is 2. The second kappa shape index (κ2) is 6.41. The molecule has 3 atom stereocenters. The van der Waals surface area contributed by atoms with E-state index >= 15 is 0 Å². The lowest BCUT2D eigenvalue weighted by Crippen LogP contribution is -2.53. The van der Waals surface area contributed by atoms with E-state index in [1.807, 2.05) is 26.8 Å². The van der Waals surface area contributed by atoms with E-state index in [-0.39, 0.29) is 28.6 Å². The van der Waals surface area contributed by atoms with Crippen molar-refractivity contribution < 1.29 is 9.59 Å². The van der Waals surface area contributed by atoms with Crippen molar-refractivity contribution >= 4 is 19.6 Å². The first kappa shape index (κ1) is 21.0. The zero-order valence-electron chi connectivity index (χ0n) is 17.9. The first-order valence-electron chi connectivity index (χ1n) is 9.93. The summed E-state index contributed by atoms with van der Waals surface area (Å²) in [7, 11) is -1.71. The molecule has 3 aliphatic rings. The molecule has 0 bridgehead atoms. The number of rotatable bonds is 0. The molecule has 0 aromatic carbocycles. The topological polar surface area (TPSA) is 81.7 Å². The Labute approximate surface area is 174 Å². The lowest BCUT2D eigenvalue weighted by molar-refractivity contribution is -0.130. The number of nitrogens with zero attached hydrogens (tertiary/aromatic N) is 2. The van der Waals surface area contributed by atoms with Gasteiger partial charge in [-0.1, -0.05) is 52.4 Å². The summed E-state index contributed by atoms with van der Waals surface area (Å²) < 4.78 is 0. The van der Waals surface area contributed by atoms with E-state index < -0.39 is 24.3 Å². The fourth-order valence-corrected chi connectivity index (χ4v) is 5.83. The number of Topliss-reactive ketones (excluding diaryl/α,β-unsaturated/α-hetero) is 1. The van der Waals surface area contributed by atoms with Gasteiger partial charge in [-0.2, -0.15) is 10.5 Å². The van der Waals surface area contributed by atoms with Crippen LogP contribution in [0.25, 0.3) is 0 Å². The van der Waals surface area contributed by atoms with Gasteiger partial charge < -0.3 is 0 Å². The average Bonchev–Trinajstić information content (AvgIpc) is 2.63. The average molecular weight is 403 g/mol.